The van der Waals surface area contributed by atoms with Gasteiger partial charge in [-0.3, -0.25) is 0 Å². The van der Waals surface area contributed by atoms with E-state index in [1.54, 1.807) is 0 Å². The number of nitrogens with one attached hydrogen (secondary N) is 1. The fraction of sp³-hybridized carbons (Fsp3) is 0.0833. The van der Waals surface area contributed by atoms with Gasteiger partial charge in [-0.1, -0.05) is 0 Å². The van der Waals surface area contributed by atoms with E-state index in [9.17, 15) is 26.3 Å². The molecule has 112 valence electrons. The number of nitrogens with zero attached hydrogens (tertiary/aromatic N) is 1. The van der Waals surface area contributed by atoms with Crippen molar-refractivity contribution in [2.24, 2.45) is 0 Å². The van der Waals surface area contributed by atoms with Gasteiger partial charge < -0.3 is 5.32 Å². The van der Waals surface area contributed by atoms with Crippen LogP contribution in [0, 0.1) is 17.6 Å². The number of aromatic nitrogens is 1. The molecule has 9 heteroatoms. The minimum atomic E-state index is -4.60. The molecule has 0 unspecified atom stereocenters. The molecule has 1 aromatic heterocycles. The van der Waals surface area contributed by atoms with Crippen molar-refractivity contribution in [3.05, 3.63) is 51.9 Å². The predicted molar refractivity (Wildman–Crippen MR) is 66.5 cm³/mol. The van der Waals surface area contributed by atoms with Gasteiger partial charge in [0.1, 0.15) is 0 Å². The monoisotopic (exact) mass is 370 g/mol. The number of hydrogen-bond donors (Lipinski definition) is 1. The Hall–Kier alpha value is -1.77. The van der Waals surface area contributed by atoms with Crippen LogP contribution in [0.2, 0.25) is 0 Å². The van der Waals surface area contributed by atoms with Crippen LogP contribution in [-0.2, 0) is 6.18 Å². The first-order chi connectivity index (χ1) is 9.68. The summed E-state index contributed by atoms with van der Waals surface area (Å²) in [6, 6.07) is 2.83. The van der Waals surface area contributed by atoms with Crippen molar-refractivity contribution in [3.8, 4) is 0 Å². The van der Waals surface area contributed by atoms with Gasteiger partial charge in [0, 0.05) is 10.5 Å². The Morgan fingerprint density at radius 3 is 2.29 bits per heavy atom. The smallest absolute Gasteiger partial charge is 0.337 e. The Morgan fingerprint density at radius 2 is 1.67 bits per heavy atom. The van der Waals surface area contributed by atoms with Gasteiger partial charge in [0.05, 0.1) is 11.3 Å². The van der Waals surface area contributed by atoms with Crippen LogP contribution in [0.25, 0.3) is 0 Å². The van der Waals surface area contributed by atoms with E-state index in [1.807, 2.05) is 0 Å². The molecule has 0 saturated carbocycles. The topological polar surface area (TPSA) is 24.9 Å². The van der Waals surface area contributed by atoms with Gasteiger partial charge in [0.15, 0.2) is 17.5 Å². The molecule has 0 spiro atoms. The lowest BCUT2D eigenvalue weighted by molar-refractivity contribution is -0.137. The van der Waals surface area contributed by atoms with Crippen molar-refractivity contribution >= 4 is 27.4 Å². The van der Waals surface area contributed by atoms with Gasteiger partial charge in [-0.2, -0.15) is 22.5 Å². The number of anilines is 2. The summed E-state index contributed by atoms with van der Waals surface area (Å²) in [5.74, 6) is -5.03. The highest BCUT2D eigenvalue weighted by molar-refractivity contribution is 9.10. The number of rotatable bonds is 2. The van der Waals surface area contributed by atoms with Gasteiger partial charge in [0.2, 0.25) is 0 Å². The molecule has 2 nitrogen and oxygen atoms in total. The summed E-state index contributed by atoms with van der Waals surface area (Å²) in [6.45, 7) is 0. The standard InChI is InChI=1S/C12H5BrF6N2/c13-6-2-1-5(12(17,18)19)3-9(6)20-11-8(15)4-7(14)10(16)21-11/h1-4H,(H,20,21). The third kappa shape index (κ3) is 3.46. The molecule has 0 aliphatic carbocycles. The molecule has 0 saturated heterocycles. The fourth-order valence-corrected chi connectivity index (χ4v) is 1.80. The lowest BCUT2D eigenvalue weighted by atomic mass is 10.2. The fourth-order valence-electron chi connectivity index (χ4n) is 1.46. The van der Waals surface area contributed by atoms with Crippen LogP contribution in [0.3, 0.4) is 0 Å². The Morgan fingerprint density at radius 1 is 1.00 bits per heavy atom. The van der Waals surface area contributed by atoms with Crippen molar-refractivity contribution in [3.63, 3.8) is 0 Å². The van der Waals surface area contributed by atoms with Crippen LogP contribution < -0.4 is 5.32 Å². The maximum Gasteiger partial charge on any atom is 0.416 e. The molecule has 0 aliphatic heterocycles. The highest BCUT2D eigenvalue weighted by Gasteiger charge is 2.31. The van der Waals surface area contributed by atoms with Crippen molar-refractivity contribution < 1.29 is 26.3 Å². The van der Waals surface area contributed by atoms with E-state index < -0.39 is 35.1 Å². The molecule has 21 heavy (non-hydrogen) atoms. The summed E-state index contributed by atoms with van der Waals surface area (Å²) < 4.78 is 77.0. The molecule has 0 aliphatic rings. The highest BCUT2D eigenvalue weighted by Crippen LogP contribution is 2.35. The second kappa shape index (κ2) is 5.55. The van der Waals surface area contributed by atoms with Gasteiger partial charge in [-0.05, 0) is 34.1 Å². The van der Waals surface area contributed by atoms with E-state index in [4.69, 9.17) is 0 Å². The average Bonchev–Trinajstić information content (AvgIpc) is 2.37. The number of pyridine rings is 1. The van der Waals surface area contributed by atoms with E-state index in [-0.39, 0.29) is 16.2 Å². The van der Waals surface area contributed by atoms with Gasteiger partial charge in [-0.15, -0.1) is 0 Å². The predicted octanol–water partition coefficient (Wildman–Crippen LogP) is 5.02. The van der Waals surface area contributed by atoms with Crippen LogP contribution in [0.5, 0.6) is 0 Å². The lowest BCUT2D eigenvalue weighted by Crippen LogP contribution is -2.07. The van der Waals surface area contributed by atoms with Crippen LogP contribution in [0.15, 0.2) is 28.7 Å². The summed E-state index contributed by atoms with van der Waals surface area (Å²) in [7, 11) is 0. The summed E-state index contributed by atoms with van der Waals surface area (Å²) >= 11 is 2.96. The average molecular weight is 371 g/mol. The number of hydrogen-bond acceptors (Lipinski definition) is 2. The minimum Gasteiger partial charge on any atom is -0.337 e. The van der Waals surface area contributed by atoms with E-state index >= 15 is 0 Å². The Balaban J connectivity index is 2.42. The molecule has 0 radical (unpaired) electrons. The molecule has 0 atom stereocenters. The first-order valence-corrected chi connectivity index (χ1v) is 6.13. The quantitative estimate of drug-likeness (QED) is 0.592. The molecular formula is C12H5BrF6N2. The molecule has 0 amide bonds. The van der Waals surface area contributed by atoms with Crippen molar-refractivity contribution in [1.82, 2.24) is 4.98 Å². The zero-order valence-corrected chi connectivity index (χ0v) is 11.5. The number of benzene rings is 1. The van der Waals surface area contributed by atoms with E-state index in [2.05, 4.69) is 26.2 Å². The van der Waals surface area contributed by atoms with Crippen molar-refractivity contribution in [2.45, 2.75) is 6.18 Å². The lowest BCUT2D eigenvalue weighted by Gasteiger charge is -2.12. The summed E-state index contributed by atoms with van der Waals surface area (Å²) in [6.07, 6.45) is -4.60. The van der Waals surface area contributed by atoms with Gasteiger partial charge >= 0.3 is 6.18 Å². The first-order valence-electron chi connectivity index (χ1n) is 5.34. The molecule has 1 heterocycles. The maximum atomic E-state index is 13.4. The second-order valence-corrected chi connectivity index (χ2v) is 4.76. The van der Waals surface area contributed by atoms with E-state index in [1.165, 1.54) is 0 Å². The maximum absolute atomic E-state index is 13.4. The van der Waals surface area contributed by atoms with E-state index in [0.717, 1.165) is 12.1 Å². The third-order valence-corrected chi connectivity index (χ3v) is 3.12. The second-order valence-electron chi connectivity index (χ2n) is 3.91. The van der Waals surface area contributed by atoms with Gasteiger partial charge in [0.25, 0.3) is 5.95 Å². The van der Waals surface area contributed by atoms with Crippen LogP contribution in [0.4, 0.5) is 37.8 Å². The summed E-state index contributed by atoms with van der Waals surface area (Å²) in [4.78, 5) is 2.97. The Bertz CT molecular complexity index is 686. The normalized spacial score (nSPS) is 11.6. The third-order valence-electron chi connectivity index (χ3n) is 2.43. The number of alkyl halides is 3. The van der Waals surface area contributed by atoms with E-state index in [0.29, 0.717) is 6.07 Å². The van der Waals surface area contributed by atoms with Crippen LogP contribution in [-0.4, -0.2) is 4.98 Å². The molecule has 1 N–H and O–H groups in total. The molecule has 0 bridgehead atoms. The van der Waals surface area contributed by atoms with Crippen molar-refractivity contribution in [2.75, 3.05) is 5.32 Å². The van der Waals surface area contributed by atoms with Crippen LogP contribution >= 0.6 is 15.9 Å². The number of halogens is 7. The molecule has 2 rings (SSSR count). The molecule has 2 aromatic rings. The van der Waals surface area contributed by atoms with Crippen LogP contribution in [0.1, 0.15) is 5.56 Å². The minimum absolute atomic E-state index is 0.168. The first kappa shape index (κ1) is 15.6. The molecular weight excluding hydrogens is 366 g/mol. The Labute approximate surface area is 122 Å². The SMILES string of the molecule is Fc1cc(F)c(Nc2cc(C(F)(F)F)ccc2Br)nc1F. The zero-order valence-electron chi connectivity index (χ0n) is 9.90. The molecule has 1 aromatic carbocycles. The summed E-state index contributed by atoms with van der Waals surface area (Å²) in [5, 5.41) is 2.18. The Kier molecular flexibility index (Phi) is 4.13. The summed E-state index contributed by atoms with van der Waals surface area (Å²) in [5.41, 5.74) is -1.18. The molecule has 0 fully saturated rings. The van der Waals surface area contributed by atoms with Gasteiger partial charge in [-0.25, -0.2) is 8.78 Å². The largest absolute Gasteiger partial charge is 0.416 e. The zero-order chi connectivity index (χ0) is 15.8. The van der Waals surface area contributed by atoms with Crippen molar-refractivity contribution in [1.29, 1.82) is 0 Å². The highest BCUT2D eigenvalue weighted by atomic mass is 79.9.